The Bertz CT molecular complexity index is 3320. The molecular formula is C77H122N10O25. The van der Waals surface area contributed by atoms with E-state index < -0.39 is 154 Å². The number of anilines is 1. The van der Waals surface area contributed by atoms with Crippen LogP contribution in [0.25, 0.3) is 22.5 Å². The highest BCUT2D eigenvalue weighted by atomic mass is 16.7. The zero-order valence-electron chi connectivity index (χ0n) is 64.3. The van der Waals surface area contributed by atoms with Crippen LogP contribution in [0.2, 0.25) is 0 Å². The first-order valence-electron chi connectivity index (χ1n) is 40.0. The van der Waals surface area contributed by atoms with E-state index in [0.717, 1.165) is 42.4 Å². The molecule has 7 rings (SSSR count). The summed E-state index contributed by atoms with van der Waals surface area (Å²) in [5.41, 5.74) is 4.37. The molecule has 112 heavy (non-hydrogen) atoms. The fourth-order valence-electron chi connectivity index (χ4n) is 13.7. The SMILES string of the molecule is CCCCCCNC(=O)CCC(=O)N1Cc2ccccc2-c2nnn(CCCCCC(=O)NC(CCC(=O)NC(CCC(=O)NCCCCCCO[C@H]3O[C@H](CO)[C@@H](O)[C@H](O)[C@@H]3O)C(=O)NCCCCCCO[C@H]3O[C@H](CO)[C@@H](O)[C@H](O)[C@@H]3O)C(=O)NCCCCCCO[C@H]3O[C@H](CO)[C@@H](O)[C@H](O)[C@@H]3O)c2-c2ccccc21. The number of aliphatic hydroxyl groups is 12. The number of unbranched alkanes of at least 4 members (excludes halogenated alkanes) is 14. The molecule has 3 saturated heterocycles. The van der Waals surface area contributed by atoms with E-state index in [1.165, 1.54) is 0 Å². The van der Waals surface area contributed by atoms with Gasteiger partial charge in [0, 0.05) is 95.8 Å². The topological polar surface area (TPSA) is 524 Å². The maximum Gasteiger partial charge on any atom is 0.242 e. The van der Waals surface area contributed by atoms with Gasteiger partial charge in [0.25, 0.3) is 0 Å². The monoisotopic (exact) mass is 1590 g/mol. The molecule has 18 N–H and O–H groups in total. The van der Waals surface area contributed by atoms with Crippen molar-refractivity contribution in [2.75, 3.05) is 70.7 Å². The molecule has 3 aromatic rings. The number of nitrogens with zero attached hydrogens (tertiary/aromatic N) is 4. The number of hydrogen-bond acceptors (Lipinski definition) is 27. The van der Waals surface area contributed by atoms with E-state index >= 15 is 0 Å². The van der Waals surface area contributed by atoms with Crippen LogP contribution in [0.15, 0.2) is 48.5 Å². The lowest BCUT2D eigenvalue weighted by Crippen LogP contribution is -2.59. The van der Waals surface area contributed by atoms with Crippen LogP contribution in [0.3, 0.4) is 0 Å². The van der Waals surface area contributed by atoms with Crippen molar-refractivity contribution < 1.29 is 123 Å². The number of hydrogen-bond donors (Lipinski definition) is 18. The van der Waals surface area contributed by atoms with E-state index in [4.69, 9.17) is 28.4 Å². The fraction of sp³-hybridized carbons (Fsp3) is 0.727. The number of aryl methyl sites for hydroxylation is 1. The fourth-order valence-corrected chi connectivity index (χ4v) is 13.7. The van der Waals surface area contributed by atoms with Gasteiger partial charge in [-0.2, -0.15) is 0 Å². The van der Waals surface area contributed by atoms with E-state index in [-0.39, 0.29) is 103 Å². The molecule has 1 aromatic heterocycles. The minimum absolute atomic E-state index is 0.00277. The van der Waals surface area contributed by atoms with Gasteiger partial charge in [-0.15, -0.1) is 5.10 Å². The highest BCUT2D eigenvalue weighted by molar-refractivity contribution is 6.01. The number of fused-ring (bicyclic) bond motifs is 5. The van der Waals surface area contributed by atoms with Gasteiger partial charge in [0.05, 0.1) is 37.7 Å². The number of aliphatic hydroxyl groups excluding tert-OH is 12. The van der Waals surface area contributed by atoms with Crippen molar-refractivity contribution in [3.05, 3.63) is 54.1 Å². The van der Waals surface area contributed by atoms with Gasteiger partial charge in [0.1, 0.15) is 91.0 Å². The molecule has 0 bridgehead atoms. The number of benzene rings is 2. The number of rotatable bonds is 51. The minimum atomic E-state index is -1.59. The van der Waals surface area contributed by atoms with Crippen LogP contribution in [0.5, 0.6) is 0 Å². The summed E-state index contributed by atoms with van der Waals surface area (Å²) in [5, 5.41) is 146. The molecule has 35 heteroatoms. The van der Waals surface area contributed by atoms with Gasteiger partial charge in [-0.3, -0.25) is 33.6 Å². The van der Waals surface area contributed by atoms with Gasteiger partial charge < -0.3 is 127 Å². The Hall–Kier alpha value is -6.85. The van der Waals surface area contributed by atoms with Crippen molar-refractivity contribution in [3.63, 3.8) is 0 Å². The molecule has 35 nitrogen and oxygen atoms in total. The summed E-state index contributed by atoms with van der Waals surface area (Å²) >= 11 is 0. The minimum Gasteiger partial charge on any atom is -0.394 e. The van der Waals surface area contributed by atoms with Crippen LogP contribution in [-0.2, 0) is 75.1 Å². The molecule has 17 atom stereocenters. The first kappa shape index (κ1) is 92.3. The largest absolute Gasteiger partial charge is 0.394 e. The Balaban J connectivity index is 0.939. The van der Waals surface area contributed by atoms with Crippen LogP contribution in [0, 0.1) is 0 Å². The van der Waals surface area contributed by atoms with Gasteiger partial charge in [-0.1, -0.05) is 119 Å². The summed E-state index contributed by atoms with van der Waals surface area (Å²) in [7, 11) is 0. The molecule has 630 valence electrons. The Morgan fingerprint density at radius 1 is 0.446 bits per heavy atom. The van der Waals surface area contributed by atoms with Crippen molar-refractivity contribution in [1.82, 2.24) is 46.9 Å². The summed E-state index contributed by atoms with van der Waals surface area (Å²) in [6.07, 6.45) is -9.50. The number of amides is 7. The number of ether oxygens (including phenoxy) is 6. The lowest BCUT2D eigenvalue weighted by Gasteiger charge is -2.39. The summed E-state index contributed by atoms with van der Waals surface area (Å²) < 4.78 is 34.8. The van der Waals surface area contributed by atoms with Crippen molar-refractivity contribution in [1.29, 1.82) is 0 Å². The van der Waals surface area contributed by atoms with Crippen molar-refractivity contribution in [3.8, 4) is 22.5 Å². The van der Waals surface area contributed by atoms with E-state index in [0.29, 0.717) is 126 Å². The van der Waals surface area contributed by atoms with Crippen LogP contribution in [0.1, 0.15) is 179 Å². The van der Waals surface area contributed by atoms with Gasteiger partial charge >= 0.3 is 0 Å². The zero-order chi connectivity index (χ0) is 80.9. The van der Waals surface area contributed by atoms with Gasteiger partial charge in [0.15, 0.2) is 18.9 Å². The Morgan fingerprint density at radius 2 is 0.857 bits per heavy atom. The molecule has 4 aliphatic rings. The van der Waals surface area contributed by atoms with Crippen molar-refractivity contribution in [2.45, 2.75) is 291 Å². The summed E-state index contributed by atoms with van der Waals surface area (Å²) in [6, 6.07) is 12.8. The molecule has 2 unspecified atom stereocenters. The first-order valence-corrected chi connectivity index (χ1v) is 40.0. The van der Waals surface area contributed by atoms with Crippen LogP contribution in [0.4, 0.5) is 5.69 Å². The second-order valence-corrected chi connectivity index (χ2v) is 29.1. The van der Waals surface area contributed by atoms with Gasteiger partial charge in [0.2, 0.25) is 41.4 Å². The number of aromatic nitrogens is 3. The second-order valence-electron chi connectivity index (χ2n) is 29.1. The summed E-state index contributed by atoms with van der Waals surface area (Å²) in [6.45, 7) is 2.52. The third-order valence-electron chi connectivity index (χ3n) is 20.4. The average molecular weight is 1590 g/mol. The Labute approximate surface area is 653 Å². The predicted molar refractivity (Wildman–Crippen MR) is 403 cm³/mol. The lowest BCUT2D eigenvalue weighted by atomic mass is 9.95. The van der Waals surface area contributed by atoms with Crippen molar-refractivity contribution >= 4 is 47.0 Å². The predicted octanol–water partition coefficient (Wildman–Crippen LogP) is -0.495. The molecule has 0 aliphatic carbocycles. The van der Waals surface area contributed by atoms with Gasteiger partial charge in [-0.05, 0) is 82.3 Å². The number of carbonyl (C=O) groups is 7. The van der Waals surface area contributed by atoms with E-state index in [2.05, 4.69) is 49.1 Å². The molecule has 3 fully saturated rings. The van der Waals surface area contributed by atoms with Crippen LogP contribution >= 0.6 is 0 Å². The van der Waals surface area contributed by atoms with Crippen LogP contribution in [-0.4, -0.2) is 288 Å². The van der Waals surface area contributed by atoms with E-state index in [1.54, 1.807) is 9.58 Å². The first-order chi connectivity index (χ1) is 54.1. The highest BCUT2D eigenvalue weighted by Crippen LogP contribution is 2.42. The summed E-state index contributed by atoms with van der Waals surface area (Å²) in [5.74, 6) is -3.04. The molecule has 2 aromatic carbocycles. The Kier molecular flexibility index (Phi) is 41.1. The molecule has 0 saturated carbocycles. The third-order valence-corrected chi connectivity index (χ3v) is 20.4. The zero-order valence-corrected chi connectivity index (χ0v) is 64.3. The molecule has 0 spiro atoms. The molecular weight excluding hydrogens is 1460 g/mol. The number of carbonyl (C=O) groups excluding carboxylic acids is 7. The quantitative estimate of drug-likeness (QED) is 0.0317. The van der Waals surface area contributed by atoms with Crippen LogP contribution < -0.4 is 36.8 Å². The van der Waals surface area contributed by atoms with Gasteiger partial charge in [-0.25, -0.2) is 4.68 Å². The van der Waals surface area contributed by atoms with Crippen molar-refractivity contribution in [2.24, 2.45) is 0 Å². The number of nitrogens with one attached hydrogen (secondary N) is 6. The Morgan fingerprint density at radius 3 is 1.34 bits per heavy atom. The molecule has 5 heterocycles. The smallest absolute Gasteiger partial charge is 0.242 e. The second kappa shape index (κ2) is 49.8. The maximum atomic E-state index is 14.2. The maximum absolute atomic E-state index is 14.2. The van der Waals surface area contributed by atoms with E-state index in [1.807, 2.05) is 48.5 Å². The normalized spacial score (nSPS) is 24.8. The number of para-hydroxylation sites is 1. The molecule has 4 aliphatic heterocycles. The summed E-state index contributed by atoms with van der Waals surface area (Å²) in [4.78, 5) is 98.0. The lowest BCUT2D eigenvalue weighted by molar-refractivity contribution is -0.301. The molecule has 0 radical (unpaired) electrons. The highest BCUT2D eigenvalue weighted by Gasteiger charge is 2.47. The standard InChI is InChI=1S/C77H122N10O25/c1-2-3-4-17-36-79-58(92)34-35-61(95)86-44-48-25-13-14-26-49(48)62-63(50-27-15-16-28-53(50)86)87(85-84-62)40-21-11-12-29-59(93)82-52(74(106)81-39-20-7-10-24-43-109-77-72(104)69(101)66(98)56(47-90)112-77)31-33-60(94)83-51(73(105)80-38-19-6-9-23-42-108-76-71(103)68(100)65(97)55(46-89)111-76)30-32-57(91)78-37-18-5-8-22-41-107-75-70(102)67(99)64(96)54(45-88)110-75/h13-16,25-28,51-52,54-56,64-72,75-77,88-90,96-104H,2-12,17-24,29-47H2,1H3,(H,78,91)(H,79,92)(H,80,105)(H,81,106)(H,82,93)(H,83,94)/t51?,52?,54-,55-,56-,64-,65-,66-,67+,68+,69+,70+,71+,72+,75+,76+,77+/m1/s1. The average Bonchev–Trinajstić information content (AvgIpc) is 1.62. The molecule has 7 amide bonds. The third kappa shape index (κ3) is 28.9. The van der Waals surface area contributed by atoms with E-state index in [9.17, 15) is 94.8 Å².